The van der Waals surface area contributed by atoms with E-state index in [4.69, 9.17) is 9.94 Å². The fraction of sp³-hybridized carbons (Fsp3) is 0.107. The summed E-state index contributed by atoms with van der Waals surface area (Å²) < 4.78 is 6.00. The fourth-order valence-corrected chi connectivity index (χ4v) is 3.57. The predicted molar refractivity (Wildman–Crippen MR) is 140 cm³/mol. The molecule has 4 aromatic rings. The quantitative estimate of drug-likeness (QED) is 0.200. The molecule has 0 saturated carbocycles. The Morgan fingerprint density at radius 2 is 1.72 bits per heavy atom. The van der Waals surface area contributed by atoms with Gasteiger partial charge in [-0.05, 0) is 59.7 Å². The molecule has 8 nitrogen and oxygen atoms in total. The van der Waals surface area contributed by atoms with E-state index in [1.165, 1.54) is 6.92 Å². The van der Waals surface area contributed by atoms with Crippen molar-refractivity contribution >= 4 is 40.2 Å². The number of hydroxylamine groups is 1. The average molecular weight is 483 g/mol. The summed E-state index contributed by atoms with van der Waals surface area (Å²) in [6, 6.07) is 24.0. The first-order valence-electron chi connectivity index (χ1n) is 11.3. The number of hydrogen-bond acceptors (Lipinski definition) is 6. The van der Waals surface area contributed by atoms with Gasteiger partial charge >= 0.3 is 0 Å². The Labute approximate surface area is 208 Å². The van der Waals surface area contributed by atoms with Gasteiger partial charge in [0.25, 0.3) is 5.91 Å². The van der Waals surface area contributed by atoms with Crippen LogP contribution in [0, 0.1) is 0 Å². The van der Waals surface area contributed by atoms with E-state index in [1.807, 2.05) is 36.4 Å². The Hall–Kier alpha value is -4.69. The number of nitrogens with one attached hydrogen (secondary N) is 3. The second-order valence-electron chi connectivity index (χ2n) is 8.13. The van der Waals surface area contributed by atoms with Crippen molar-refractivity contribution in [2.45, 2.75) is 6.92 Å². The summed E-state index contributed by atoms with van der Waals surface area (Å²) in [5, 5.41) is 16.0. The normalized spacial score (nSPS) is 11.1. The van der Waals surface area contributed by atoms with Crippen molar-refractivity contribution < 1.29 is 19.5 Å². The molecule has 0 spiro atoms. The number of para-hydroxylation sites is 1. The van der Waals surface area contributed by atoms with E-state index in [2.05, 4.69) is 15.6 Å². The van der Waals surface area contributed by atoms with E-state index in [0.29, 0.717) is 30.2 Å². The fourth-order valence-electron chi connectivity index (χ4n) is 3.57. The van der Waals surface area contributed by atoms with E-state index in [0.717, 1.165) is 27.7 Å². The third kappa shape index (κ3) is 6.68. The largest absolute Gasteiger partial charge is 0.489 e. The van der Waals surface area contributed by atoms with Crippen LogP contribution >= 0.6 is 0 Å². The number of amides is 2. The maximum absolute atomic E-state index is 11.6. The lowest BCUT2D eigenvalue weighted by Gasteiger charge is -2.13. The highest BCUT2D eigenvalue weighted by Gasteiger charge is 2.06. The highest BCUT2D eigenvalue weighted by atomic mass is 16.5. The van der Waals surface area contributed by atoms with E-state index >= 15 is 0 Å². The van der Waals surface area contributed by atoms with E-state index < -0.39 is 5.91 Å². The molecular weight excluding hydrogens is 456 g/mol. The lowest BCUT2D eigenvalue weighted by molar-refractivity contribution is -0.114. The molecule has 1 heterocycles. The molecule has 0 fully saturated rings. The second-order valence-corrected chi connectivity index (χ2v) is 8.13. The molecule has 182 valence electrons. The van der Waals surface area contributed by atoms with Crippen molar-refractivity contribution in [3.8, 4) is 5.75 Å². The molecule has 0 atom stereocenters. The molecule has 0 aliphatic carbocycles. The number of carbonyl (C=O) groups is 2. The number of hydrogen-bond donors (Lipinski definition) is 4. The highest BCUT2D eigenvalue weighted by molar-refractivity contribution is 5.93. The summed E-state index contributed by atoms with van der Waals surface area (Å²) in [6.45, 7) is 2.28. The first-order valence-corrected chi connectivity index (χ1v) is 11.3. The number of carbonyl (C=O) groups excluding carboxylic acids is 2. The minimum Gasteiger partial charge on any atom is -0.489 e. The Bertz CT molecular complexity index is 1380. The van der Waals surface area contributed by atoms with Gasteiger partial charge in [0.1, 0.15) is 12.4 Å². The predicted octanol–water partition coefficient (Wildman–Crippen LogP) is 4.89. The van der Waals surface area contributed by atoms with Gasteiger partial charge in [-0.2, -0.15) is 0 Å². The summed E-state index contributed by atoms with van der Waals surface area (Å²) in [7, 11) is 0. The molecular formula is C28H26N4O4. The summed E-state index contributed by atoms with van der Waals surface area (Å²) in [5.74, 6) is -0.0368. The maximum atomic E-state index is 11.6. The Balaban J connectivity index is 1.50. The van der Waals surface area contributed by atoms with Crippen LogP contribution in [0.3, 0.4) is 0 Å². The zero-order chi connectivity index (χ0) is 25.3. The summed E-state index contributed by atoms with van der Waals surface area (Å²) in [4.78, 5) is 27.3. The van der Waals surface area contributed by atoms with E-state index in [1.54, 1.807) is 60.2 Å². The van der Waals surface area contributed by atoms with Crippen LogP contribution in [0.4, 0.5) is 11.4 Å². The van der Waals surface area contributed by atoms with Crippen LogP contribution in [0.2, 0.25) is 0 Å². The van der Waals surface area contributed by atoms with Gasteiger partial charge in [0.2, 0.25) is 5.91 Å². The van der Waals surface area contributed by atoms with Crippen molar-refractivity contribution in [3.63, 3.8) is 0 Å². The van der Waals surface area contributed by atoms with Crippen LogP contribution in [0.15, 0.2) is 90.6 Å². The average Bonchev–Trinajstić information content (AvgIpc) is 2.90. The van der Waals surface area contributed by atoms with Crippen molar-refractivity contribution in [1.29, 1.82) is 0 Å². The monoisotopic (exact) mass is 482 g/mol. The molecule has 0 radical (unpaired) electrons. The van der Waals surface area contributed by atoms with Gasteiger partial charge in [0.05, 0.1) is 17.4 Å². The molecule has 4 rings (SSSR count). The number of pyridine rings is 1. The molecule has 0 saturated heterocycles. The van der Waals surface area contributed by atoms with Gasteiger partial charge in [-0.25, -0.2) is 5.48 Å². The molecule has 0 unspecified atom stereocenters. The minimum absolute atomic E-state index is 0.134. The Kier molecular flexibility index (Phi) is 7.90. The second kappa shape index (κ2) is 11.6. The molecule has 1 aromatic heterocycles. The molecule has 3 aromatic carbocycles. The molecule has 4 N–H and O–H groups in total. The van der Waals surface area contributed by atoms with Gasteiger partial charge in [-0.3, -0.25) is 19.8 Å². The summed E-state index contributed by atoms with van der Waals surface area (Å²) in [6.07, 6.45) is 3.78. The highest BCUT2D eigenvalue weighted by Crippen LogP contribution is 2.19. The zero-order valence-electron chi connectivity index (χ0n) is 19.7. The first kappa shape index (κ1) is 24.4. The van der Waals surface area contributed by atoms with Gasteiger partial charge in [0.15, 0.2) is 0 Å². The van der Waals surface area contributed by atoms with Crippen molar-refractivity contribution in [2.24, 2.45) is 0 Å². The van der Waals surface area contributed by atoms with Crippen LogP contribution in [0.5, 0.6) is 5.75 Å². The van der Waals surface area contributed by atoms with Crippen LogP contribution in [-0.4, -0.2) is 35.2 Å². The number of fused-ring (bicyclic) bond motifs is 1. The lowest BCUT2D eigenvalue weighted by atomic mass is 10.1. The van der Waals surface area contributed by atoms with Crippen molar-refractivity contribution in [2.75, 3.05) is 23.8 Å². The van der Waals surface area contributed by atoms with Gasteiger partial charge in [0, 0.05) is 30.1 Å². The minimum atomic E-state index is -0.567. The van der Waals surface area contributed by atoms with Crippen LogP contribution < -0.4 is 20.9 Å². The van der Waals surface area contributed by atoms with Gasteiger partial charge in [-0.1, -0.05) is 36.4 Å². The van der Waals surface area contributed by atoms with Crippen LogP contribution in [-0.2, 0) is 4.79 Å². The van der Waals surface area contributed by atoms with Crippen LogP contribution in [0.25, 0.3) is 17.0 Å². The SMILES string of the molecule is CC(=O)Nc1ccc(OC/C(=C/c2ccc(C(=O)NO)cc2)CNc2cnc3ccccc3c2)cc1. The Morgan fingerprint density at radius 1 is 0.972 bits per heavy atom. The topological polar surface area (TPSA) is 113 Å². The van der Waals surface area contributed by atoms with Gasteiger partial charge < -0.3 is 15.4 Å². The number of benzene rings is 3. The molecule has 0 aliphatic rings. The van der Waals surface area contributed by atoms with E-state index in [-0.39, 0.29) is 5.91 Å². The lowest BCUT2D eigenvalue weighted by Crippen LogP contribution is -2.18. The maximum Gasteiger partial charge on any atom is 0.274 e. The number of ether oxygens (including phenoxy) is 1. The first-order chi connectivity index (χ1) is 17.5. The Morgan fingerprint density at radius 3 is 2.44 bits per heavy atom. The molecule has 36 heavy (non-hydrogen) atoms. The van der Waals surface area contributed by atoms with E-state index in [9.17, 15) is 9.59 Å². The number of aromatic nitrogens is 1. The smallest absolute Gasteiger partial charge is 0.274 e. The third-order valence-electron chi connectivity index (χ3n) is 5.35. The third-order valence-corrected chi connectivity index (χ3v) is 5.35. The van der Waals surface area contributed by atoms with Gasteiger partial charge in [-0.15, -0.1) is 0 Å². The van der Waals surface area contributed by atoms with Crippen molar-refractivity contribution in [3.05, 3.63) is 102 Å². The molecule has 0 bridgehead atoms. The molecule has 0 aliphatic heterocycles. The number of nitrogens with zero attached hydrogens (tertiary/aromatic N) is 1. The van der Waals surface area contributed by atoms with Crippen LogP contribution in [0.1, 0.15) is 22.8 Å². The number of anilines is 2. The number of rotatable bonds is 9. The van der Waals surface area contributed by atoms with Crippen molar-refractivity contribution in [1.82, 2.24) is 10.5 Å². The molecule has 2 amide bonds. The standard InChI is InChI=1S/C28H26N4O4/c1-19(33)31-24-10-12-26(13-11-24)36-18-21(14-20-6-8-22(9-7-20)28(34)32-35)16-29-25-15-23-4-2-3-5-27(23)30-17-25/h2-15,17,29,35H,16,18H2,1H3,(H,31,33)(H,32,34)/b21-14+. The zero-order valence-corrected chi connectivity index (χ0v) is 19.7. The summed E-state index contributed by atoms with van der Waals surface area (Å²) >= 11 is 0. The summed E-state index contributed by atoms with van der Waals surface area (Å²) in [5.41, 5.74) is 6.32. The molecule has 8 heteroatoms.